The maximum absolute atomic E-state index is 5.90. The summed E-state index contributed by atoms with van der Waals surface area (Å²) in [6.07, 6.45) is 6.38. The Morgan fingerprint density at radius 2 is 2.19 bits per heavy atom. The molecular formula is C13H15N3. The molecule has 1 aromatic carbocycles. The van der Waals surface area contributed by atoms with E-state index in [1.165, 1.54) is 0 Å². The number of imidazole rings is 1. The molecule has 0 amide bonds. The van der Waals surface area contributed by atoms with Gasteiger partial charge in [0.15, 0.2) is 0 Å². The van der Waals surface area contributed by atoms with Crippen LogP contribution < -0.4 is 5.73 Å². The second-order valence-corrected chi connectivity index (χ2v) is 3.66. The maximum atomic E-state index is 5.90. The van der Waals surface area contributed by atoms with Crippen molar-refractivity contribution in [3.63, 3.8) is 0 Å². The highest BCUT2D eigenvalue weighted by Gasteiger charge is 2.04. The van der Waals surface area contributed by atoms with Gasteiger partial charge in [-0.1, -0.05) is 24.3 Å². The van der Waals surface area contributed by atoms with E-state index < -0.39 is 0 Å². The Morgan fingerprint density at radius 3 is 2.94 bits per heavy atom. The molecule has 0 aliphatic rings. The highest BCUT2D eigenvalue weighted by atomic mass is 15.1. The summed E-state index contributed by atoms with van der Waals surface area (Å²) >= 11 is 0. The Morgan fingerprint density at radius 1 is 1.38 bits per heavy atom. The molecule has 3 heteroatoms. The highest BCUT2D eigenvalue weighted by molar-refractivity contribution is 5.47. The van der Waals surface area contributed by atoms with Crippen molar-refractivity contribution in [2.24, 2.45) is 0 Å². The van der Waals surface area contributed by atoms with Crippen LogP contribution in [0.3, 0.4) is 0 Å². The fourth-order valence-corrected chi connectivity index (χ4v) is 1.68. The third-order valence-electron chi connectivity index (χ3n) is 2.53. The van der Waals surface area contributed by atoms with Gasteiger partial charge in [0.1, 0.15) is 5.82 Å². The molecule has 0 saturated carbocycles. The van der Waals surface area contributed by atoms with Crippen LogP contribution in [0.5, 0.6) is 0 Å². The number of hydrogen-bond acceptors (Lipinski definition) is 2. The van der Waals surface area contributed by atoms with Gasteiger partial charge in [-0.15, -0.1) is 6.58 Å². The standard InChI is InChI=1S/C13H15N3/c1-2-8-16-9-7-15-13(16)10-11-5-3-4-6-12(11)14/h2-7,9H,1,8,10,14H2. The monoisotopic (exact) mass is 213 g/mol. The van der Waals surface area contributed by atoms with Crippen molar-refractivity contribution in [2.75, 3.05) is 5.73 Å². The van der Waals surface area contributed by atoms with E-state index in [1.54, 1.807) is 6.20 Å². The van der Waals surface area contributed by atoms with Gasteiger partial charge < -0.3 is 10.3 Å². The predicted octanol–water partition coefficient (Wildman–Crippen LogP) is 2.24. The van der Waals surface area contributed by atoms with Crippen LogP contribution in [-0.2, 0) is 13.0 Å². The van der Waals surface area contributed by atoms with E-state index >= 15 is 0 Å². The molecule has 16 heavy (non-hydrogen) atoms. The molecule has 82 valence electrons. The van der Waals surface area contributed by atoms with Crippen molar-refractivity contribution in [2.45, 2.75) is 13.0 Å². The summed E-state index contributed by atoms with van der Waals surface area (Å²) in [5.41, 5.74) is 7.83. The lowest BCUT2D eigenvalue weighted by Crippen LogP contribution is -2.04. The Kier molecular flexibility index (Phi) is 3.05. The van der Waals surface area contributed by atoms with Crippen LogP contribution in [0, 0.1) is 0 Å². The minimum atomic E-state index is 0.757. The number of nitrogen functional groups attached to an aromatic ring is 1. The molecule has 2 N–H and O–H groups in total. The van der Waals surface area contributed by atoms with E-state index in [0.29, 0.717) is 0 Å². The lowest BCUT2D eigenvalue weighted by molar-refractivity contribution is 0.758. The van der Waals surface area contributed by atoms with Crippen molar-refractivity contribution < 1.29 is 0 Å². The molecule has 0 unspecified atom stereocenters. The number of aromatic nitrogens is 2. The zero-order chi connectivity index (χ0) is 11.4. The van der Waals surface area contributed by atoms with Crippen LogP contribution >= 0.6 is 0 Å². The van der Waals surface area contributed by atoms with Gasteiger partial charge in [-0.2, -0.15) is 0 Å². The van der Waals surface area contributed by atoms with Gasteiger partial charge in [-0.25, -0.2) is 4.98 Å². The molecule has 0 saturated heterocycles. The van der Waals surface area contributed by atoms with Crippen LogP contribution in [0.1, 0.15) is 11.4 Å². The maximum Gasteiger partial charge on any atom is 0.113 e. The molecular weight excluding hydrogens is 198 g/mol. The lowest BCUT2D eigenvalue weighted by Gasteiger charge is -2.07. The van der Waals surface area contributed by atoms with Crippen LogP contribution in [0.15, 0.2) is 49.3 Å². The molecule has 2 rings (SSSR count). The molecule has 3 nitrogen and oxygen atoms in total. The van der Waals surface area contributed by atoms with Crippen LogP contribution in [0.2, 0.25) is 0 Å². The largest absolute Gasteiger partial charge is 0.398 e. The van der Waals surface area contributed by atoms with Crippen LogP contribution in [-0.4, -0.2) is 9.55 Å². The van der Waals surface area contributed by atoms with Gasteiger partial charge in [0.2, 0.25) is 0 Å². The molecule has 0 radical (unpaired) electrons. The molecule has 1 heterocycles. The average Bonchev–Trinajstić information content (AvgIpc) is 2.70. The molecule has 0 atom stereocenters. The summed E-state index contributed by atoms with van der Waals surface area (Å²) in [6, 6.07) is 7.87. The second-order valence-electron chi connectivity index (χ2n) is 3.66. The summed E-state index contributed by atoms with van der Waals surface area (Å²) in [6.45, 7) is 4.51. The van der Waals surface area contributed by atoms with Crippen molar-refractivity contribution in [1.82, 2.24) is 9.55 Å². The Bertz CT molecular complexity index is 485. The van der Waals surface area contributed by atoms with E-state index in [4.69, 9.17) is 5.73 Å². The number of allylic oxidation sites excluding steroid dienone is 1. The summed E-state index contributed by atoms with van der Waals surface area (Å²) < 4.78 is 2.07. The van der Waals surface area contributed by atoms with E-state index in [9.17, 15) is 0 Å². The fraction of sp³-hybridized carbons (Fsp3) is 0.154. The topological polar surface area (TPSA) is 43.8 Å². The molecule has 0 fully saturated rings. The Hall–Kier alpha value is -2.03. The number of hydrogen-bond donors (Lipinski definition) is 1. The first-order valence-corrected chi connectivity index (χ1v) is 5.25. The zero-order valence-corrected chi connectivity index (χ0v) is 9.13. The molecule has 2 aromatic rings. The second kappa shape index (κ2) is 4.66. The molecule has 1 aromatic heterocycles. The number of rotatable bonds is 4. The van der Waals surface area contributed by atoms with Gasteiger partial charge >= 0.3 is 0 Å². The predicted molar refractivity (Wildman–Crippen MR) is 66.1 cm³/mol. The summed E-state index contributed by atoms with van der Waals surface area (Å²) in [7, 11) is 0. The number of anilines is 1. The average molecular weight is 213 g/mol. The van der Waals surface area contributed by atoms with E-state index in [2.05, 4.69) is 16.1 Å². The summed E-state index contributed by atoms with van der Waals surface area (Å²) in [5.74, 6) is 1.01. The summed E-state index contributed by atoms with van der Waals surface area (Å²) in [5, 5.41) is 0. The highest BCUT2D eigenvalue weighted by Crippen LogP contribution is 2.14. The minimum Gasteiger partial charge on any atom is -0.398 e. The van der Waals surface area contributed by atoms with Crippen molar-refractivity contribution in [3.05, 3.63) is 60.7 Å². The van der Waals surface area contributed by atoms with E-state index in [1.807, 2.05) is 36.5 Å². The van der Waals surface area contributed by atoms with Crippen molar-refractivity contribution in [1.29, 1.82) is 0 Å². The molecule has 0 bridgehead atoms. The normalized spacial score (nSPS) is 10.2. The van der Waals surface area contributed by atoms with Gasteiger partial charge in [-0.05, 0) is 11.6 Å². The number of nitrogens with two attached hydrogens (primary N) is 1. The van der Waals surface area contributed by atoms with Gasteiger partial charge in [-0.3, -0.25) is 0 Å². The first-order valence-electron chi connectivity index (χ1n) is 5.25. The summed E-state index contributed by atoms with van der Waals surface area (Å²) in [4.78, 5) is 4.33. The Labute approximate surface area is 95.2 Å². The quantitative estimate of drug-likeness (QED) is 0.625. The van der Waals surface area contributed by atoms with Gasteiger partial charge in [0.25, 0.3) is 0 Å². The van der Waals surface area contributed by atoms with Crippen molar-refractivity contribution in [3.8, 4) is 0 Å². The molecule has 0 aliphatic carbocycles. The van der Waals surface area contributed by atoms with Crippen molar-refractivity contribution >= 4 is 5.69 Å². The van der Waals surface area contributed by atoms with Crippen LogP contribution in [0.25, 0.3) is 0 Å². The minimum absolute atomic E-state index is 0.757. The van der Waals surface area contributed by atoms with E-state index in [-0.39, 0.29) is 0 Å². The number of nitrogens with zero attached hydrogens (tertiary/aromatic N) is 2. The first-order chi connectivity index (χ1) is 7.81. The molecule has 0 spiro atoms. The third kappa shape index (κ3) is 2.14. The SMILES string of the molecule is C=CCn1ccnc1Cc1ccccc1N. The number of para-hydroxylation sites is 1. The van der Waals surface area contributed by atoms with Gasteiger partial charge in [0, 0.05) is 31.0 Å². The first kappa shape index (κ1) is 10.5. The number of benzene rings is 1. The molecule has 0 aliphatic heterocycles. The lowest BCUT2D eigenvalue weighted by atomic mass is 10.1. The van der Waals surface area contributed by atoms with Gasteiger partial charge in [0.05, 0.1) is 0 Å². The smallest absolute Gasteiger partial charge is 0.113 e. The van der Waals surface area contributed by atoms with Crippen LogP contribution in [0.4, 0.5) is 5.69 Å². The fourth-order valence-electron chi connectivity index (χ4n) is 1.68. The van der Waals surface area contributed by atoms with E-state index in [0.717, 1.165) is 30.0 Å². The Balaban J connectivity index is 2.23. The third-order valence-corrected chi connectivity index (χ3v) is 2.53. The zero-order valence-electron chi connectivity index (χ0n) is 9.13.